The van der Waals surface area contributed by atoms with Crippen LogP contribution in [-0.2, 0) is 25.5 Å². The summed E-state index contributed by atoms with van der Waals surface area (Å²) in [6, 6.07) is 14.6. The Morgan fingerprint density at radius 2 is 1.78 bits per heavy atom. The third kappa shape index (κ3) is 5.08. The van der Waals surface area contributed by atoms with Gasteiger partial charge in [0.2, 0.25) is 17.7 Å². The Morgan fingerprint density at radius 3 is 2.49 bits per heavy atom. The third-order valence-corrected chi connectivity index (χ3v) is 9.67. The first kappa shape index (κ1) is 28.0. The molecule has 1 spiro atoms. The van der Waals surface area contributed by atoms with Gasteiger partial charge in [-0.1, -0.05) is 87.2 Å². The third-order valence-electron chi connectivity index (χ3n) is 9.30. The van der Waals surface area contributed by atoms with Gasteiger partial charge < -0.3 is 20.3 Å². The lowest BCUT2D eigenvalue weighted by molar-refractivity contribution is -0.141. The predicted molar refractivity (Wildman–Crippen MR) is 159 cm³/mol. The Morgan fingerprint density at radius 1 is 1.05 bits per heavy atom. The lowest BCUT2D eigenvalue weighted by atomic mass is 9.74. The van der Waals surface area contributed by atoms with E-state index in [9.17, 15) is 14.4 Å². The zero-order valence-electron chi connectivity index (χ0n) is 23.6. The van der Waals surface area contributed by atoms with Gasteiger partial charge in [-0.3, -0.25) is 14.4 Å². The summed E-state index contributed by atoms with van der Waals surface area (Å²) in [4.78, 5) is 43.5. The smallest absolute Gasteiger partial charge is 0.246 e. The molecular formula is C33H38ClN3O4. The number of likely N-dealkylation sites (tertiary alicyclic amines) is 1. The van der Waals surface area contributed by atoms with E-state index in [1.165, 1.54) is 12.0 Å². The van der Waals surface area contributed by atoms with Crippen LogP contribution in [0.2, 0.25) is 5.02 Å². The molecule has 41 heavy (non-hydrogen) atoms. The zero-order chi connectivity index (χ0) is 28.7. The minimum atomic E-state index is -1.18. The molecule has 0 unspecified atom stereocenters. The van der Waals surface area contributed by atoms with Crippen molar-refractivity contribution in [2.75, 3.05) is 11.9 Å². The van der Waals surface area contributed by atoms with Gasteiger partial charge in [-0.05, 0) is 54.5 Å². The van der Waals surface area contributed by atoms with E-state index in [0.717, 1.165) is 31.2 Å². The fourth-order valence-corrected chi connectivity index (χ4v) is 7.38. The molecule has 2 aromatic carbocycles. The van der Waals surface area contributed by atoms with Crippen molar-refractivity contribution in [3.63, 3.8) is 0 Å². The molecule has 3 aliphatic heterocycles. The Balaban J connectivity index is 1.28. The number of anilines is 1. The maximum absolute atomic E-state index is 14.2. The first-order valence-corrected chi connectivity index (χ1v) is 15.3. The molecule has 0 radical (unpaired) electrons. The summed E-state index contributed by atoms with van der Waals surface area (Å²) >= 11 is 6.43. The van der Waals surface area contributed by atoms with Crippen LogP contribution in [0.15, 0.2) is 60.7 Å². The number of carbonyl (C=O) groups is 3. The molecule has 2 bridgehead atoms. The normalized spacial score (nSPS) is 28.8. The highest BCUT2D eigenvalue weighted by Gasteiger charge is 2.72. The number of benzene rings is 2. The van der Waals surface area contributed by atoms with Crippen molar-refractivity contribution in [3.8, 4) is 0 Å². The van der Waals surface area contributed by atoms with Crippen molar-refractivity contribution < 1.29 is 19.1 Å². The largest absolute Gasteiger partial charge is 0.359 e. The van der Waals surface area contributed by atoms with Gasteiger partial charge in [-0.25, -0.2) is 0 Å². The van der Waals surface area contributed by atoms with E-state index in [-0.39, 0.29) is 23.8 Å². The van der Waals surface area contributed by atoms with Gasteiger partial charge in [-0.15, -0.1) is 0 Å². The van der Waals surface area contributed by atoms with E-state index < -0.39 is 29.6 Å². The fraction of sp³-hybridized carbons (Fsp3) is 0.485. The van der Waals surface area contributed by atoms with Crippen LogP contribution in [0.25, 0.3) is 0 Å². The maximum atomic E-state index is 14.2. The minimum Gasteiger partial charge on any atom is -0.359 e. The van der Waals surface area contributed by atoms with Crippen LogP contribution in [0.3, 0.4) is 0 Å². The van der Waals surface area contributed by atoms with Crippen LogP contribution in [0.1, 0.15) is 63.0 Å². The van der Waals surface area contributed by atoms with Gasteiger partial charge >= 0.3 is 0 Å². The Bertz CT molecular complexity index is 1350. The number of hydrogen-bond donors (Lipinski definition) is 2. The van der Waals surface area contributed by atoms with E-state index in [2.05, 4.69) is 24.5 Å². The van der Waals surface area contributed by atoms with Gasteiger partial charge in [0.15, 0.2) is 0 Å². The lowest BCUT2D eigenvalue weighted by Gasteiger charge is -2.34. The Kier molecular flexibility index (Phi) is 7.68. The molecule has 4 aliphatic rings. The quantitative estimate of drug-likeness (QED) is 0.421. The molecular weight excluding hydrogens is 538 g/mol. The lowest BCUT2D eigenvalue weighted by Crippen LogP contribution is -2.56. The molecule has 0 aromatic heterocycles. The predicted octanol–water partition coefficient (Wildman–Crippen LogP) is 5.24. The number of hydrogen-bond acceptors (Lipinski definition) is 4. The van der Waals surface area contributed by atoms with E-state index in [1.54, 1.807) is 4.90 Å². The highest BCUT2D eigenvalue weighted by Crippen LogP contribution is 2.55. The summed E-state index contributed by atoms with van der Waals surface area (Å²) < 4.78 is 6.48. The standard InChI is InChI=1S/C33H38ClN3O4/c1-20(2)21-12-14-24(15-13-21)35-30(38)27-26-16-18-33(41-26)28(27)32(40)37(19-17-22-8-6-7-11-25(22)34)29(33)31(39)36-23-9-4-3-5-10-23/h6-8,11-16,18,20,23,26-29H,3-5,9-10,17,19H2,1-2H3,(H,35,38)(H,36,39)/t26-,27+,28-,29+,33-/m1/s1. The molecule has 8 heteroatoms. The second-order valence-corrected chi connectivity index (χ2v) is 12.6. The first-order chi connectivity index (χ1) is 19.8. The van der Waals surface area contributed by atoms with Crippen molar-refractivity contribution in [3.05, 3.63) is 76.8 Å². The monoisotopic (exact) mass is 575 g/mol. The van der Waals surface area contributed by atoms with E-state index >= 15 is 0 Å². The van der Waals surface area contributed by atoms with Crippen LogP contribution in [0.4, 0.5) is 5.69 Å². The van der Waals surface area contributed by atoms with Gasteiger partial charge in [0.05, 0.1) is 17.9 Å². The Hall–Kier alpha value is -3.16. The van der Waals surface area contributed by atoms with Gasteiger partial charge in [0.25, 0.3) is 0 Å². The van der Waals surface area contributed by atoms with Crippen molar-refractivity contribution >= 4 is 35.0 Å². The highest BCUT2D eigenvalue weighted by molar-refractivity contribution is 6.31. The van der Waals surface area contributed by atoms with E-state index in [1.807, 2.05) is 60.7 Å². The average Bonchev–Trinajstić information content (AvgIpc) is 3.60. The summed E-state index contributed by atoms with van der Waals surface area (Å²) in [6.45, 7) is 4.54. The second-order valence-electron chi connectivity index (χ2n) is 12.2. The number of carbonyl (C=O) groups excluding carboxylic acids is 3. The Labute approximate surface area is 246 Å². The van der Waals surface area contributed by atoms with Crippen molar-refractivity contribution in [2.24, 2.45) is 11.8 Å². The molecule has 6 rings (SSSR count). The number of rotatable bonds is 8. The van der Waals surface area contributed by atoms with Gasteiger partial charge in [0, 0.05) is 23.3 Å². The molecule has 2 saturated heterocycles. The molecule has 3 heterocycles. The van der Waals surface area contributed by atoms with Gasteiger partial charge in [-0.2, -0.15) is 0 Å². The van der Waals surface area contributed by atoms with E-state index in [0.29, 0.717) is 29.6 Å². The van der Waals surface area contributed by atoms with E-state index in [4.69, 9.17) is 16.3 Å². The van der Waals surface area contributed by atoms with Gasteiger partial charge in [0.1, 0.15) is 11.6 Å². The molecule has 2 N–H and O–H groups in total. The summed E-state index contributed by atoms with van der Waals surface area (Å²) in [6.07, 6.45) is 8.85. The second kappa shape index (κ2) is 11.3. The average molecular weight is 576 g/mol. The fourth-order valence-electron chi connectivity index (χ4n) is 7.15. The number of amides is 3. The zero-order valence-corrected chi connectivity index (χ0v) is 24.4. The van der Waals surface area contributed by atoms with Crippen LogP contribution < -0.4 is 10.6 Å². The van der Waals surface area contributed by atoms with Crippen LogP contribution >= 0.6 is 11.6 Å². The van der Waals surface area contributed by atoms with Crippen LogP contribution in [0.5, 0.6) is 0 Å². The first-order valence-electron chi connectivity index (χ1n) is 14.9. The summed E-state index contributed by atoms with van der Waals surface area (Å²) in [5.74, 6) is -1.82. The number of nitrogens with zero attached hydrogens (tertiary/aromatic N) is 1. The topological polar surface area (TPSA) is 87.7 Å². The summed E-state index contributed by atoms with van der Waals surface area (Å²) in [7, 11) is 0. The minimum absolute atomic E-state index is 0.0858. The maximum Gasteiger partial charge on any atom is 0.246 e. The molecule has 216 valence electrons. The SMILES string of the molecule is CC(C)c1ccc(NC(=O)[C@H]2[C@H]3C=C[C@]4(O3)[C@H](C(=O)NC3CCCCC3)N(CCc3ccccc3Cl)C(=O)[C@@H]24)cc1. The molecule has 3 fully saturated rings. The highest BCUT2D eigenvalue weighted by atomic mass is 35.5. The van der Waals surface area contributed by atoms with Crippen molar-refractivity contribution in [1.82, 2.24) is 10.2 Å². The van der Waals surface area contributed by atoms with Crippen LogP contribution in [0, 0.1) is 11.8 Å². The van der Waals surface area contributed by atoms with Crippen LogP contribution in [-0.4, -0.2) is 53.0 Å². The number of halogens is 1. The number of nitrogens with one attached hydrogen (secondary N) is 2. The molecule has 7 nitrogen and oxygen atoms in total. The van der Waals surface area contributed by atoms with Crippen molar-refractivity contribution in [1.29, 1.82) is 0 Å². The molecule has 1 aliphatic carbocycles. The summed E-state index contributed by atoms with van der Waals surface area (Å²) in [5.41, 5.74) is 1.58. The molecule has 3 amide bonds. The number of ether oxygens (including phenoxy) is 1. The van der Waals surface area contributed by atoms with Crippen molar-refractivity contribution in [2.45, 2.75) is 82.1 Å². The number of fused-ring (bicyclic) bond motifs is 1. The molecule has 1 saturated carbocycles. The summed E-state index contributed by atoms with van der Waals surface area (Å²) in [5, 5.41) is 6.87. The molecule has 5 atom stereocenters. The molecule has 2 aromatic rings.